The van der Waals surface area contributed by atoms with Crippen molar-refractivity contribution in [3.05, 3.63) is 35.9 Å². The summed E-state index contributed by atoms with van der Waals surface area (Å²) in [7, 11) is 0. The first kappa shape index (κ1) is 20.8. The Balaban J connectivity index is 1.40. The van der Waals surface area contributed by atoms with Crippen molar-refractivity contribution in [2.24, 2.45) is 5.92 Å². The van der Waals surface area contributed by atoms with Crippen LogP contribution in [0.2, 0.25) is 0 Å². The number of hydrogen-bond acceptors (Lipinski definition) is 6. The van der Waals surface area contributed by atoms with E-state index >= 15 is 0 Å². The van der Waals surface area contributed by atoms with Crippen molar-refractivity contribution in [2.45, 2.75) is 43.4 Å². The first-order valence-electron chi connectivity index (χ1n) is 9.74. The van der Waals surface area contributed by atoms with Gasteiger partial charge in [0.2, 0.25) is 16.9 Å². The van der Waals surface area contributed by atoms with Gasteiger partial charge in [0.05, 0.1) is 5.92 Å². The summed E-state index contributed by atoms with van der Waals surface area (Å²) in [5, 5.41) is 11.6. The highest BCUT2D eigenvalue weighted by Crippen LogP contribution is 2.27. The van der Waals surface area contributed by atoms with Crippen molar-refractivity contribution < 1.29 is 9.59 Å². The number of carbonyl (C=O) groups is 2. The molecule has 1 fully saturated rings. The smallest absolute Gasteiger partial charge is 0.231 e. The van der Waals surface area contributed by atoms with Gasteiger partial charge in [-0.25, -0.2) is 0 Å². The molecule has 1 aromatic carbocycles. The van der Waals surface area contributed by atoms with Gasteiger partial charge in [0.25, 0.3) is 0 Å². The van der Waals surface area contributed by atoms with Gasteiger partial charge >= 0.3 is 0 Å². The van der Waals surface area contributed by atoms with Crippen LogP contribution in [0.5, 0.6) is 0 Å². The SMILES string of the molecule is CCCCN1C[C@@H](C(=O)Nc2nnc(SCCCc3ccccc3)s2)CC1=O. The zero-order chi connectivity index (χ0) is 19.8. The average molecular weight is 419 g/mol. The van der Waals surface area contributed by atoms with Crippen molar-refractivity contribution in [3.63, 3.8) is 0 Å². The first-order valence-corrected chi connectivity index (χ1v) is 11.5. The molecule has 1 aliphatic heterocycles. The fourth-order valence-corrected chi connectivity index (χ4v) is 4.88. The Kier molecular flexibility index (Phi) is 7.85. The Bertz CT molecular complexity index is 782. The minimum absolute atomic E-state index is 0.0699. The molecule has 3 rings (SSSR count). The Morgan fingerprint density at radius 3 is 2.89 bits per heavy atom. The van der Waals surface area contributed by atoms with E-state index in [9.17, 15) is 9.59 Å². The molecular formula is C20H26N4O2S2. The van der Waals surface area contributed by atoms with E-state index in [4.69, 9.17) is 0 Å². The van der Waals surface area contributed by atoms with Crippen molar-refractivity contribution in [2.75, 3.05) is 24.2 Å². The second-order valence-electron chi connectivity index (χ2n) is 6.89. The van der Waals surface area contributed by atoms with E-state index in [1.807, 2.05) is 6.07 Å². The predicted molar refractivity (Wildman–Crippen MR) is 114 cm³/mol. The molecule has 2 aromatic rings. The van der Waals surface area contributed by atoms with Crippen LogP contribution in [0.1, 0.15) is 38.2 Å². The summed E-state index contributed by atoms with van der Waals surface area (Å²) in [6.45, 7) is 3.34. The van der Waals surface area contributed by atoms with Crippen LogP contribution in [-0.4, -0.2) is 45.8 Å². The van der Waals surface area contributed by atoms with Gasteiger partial charge < -0.3 is 10.2 Å². The highest BCUT2D eigenvalue weighted by atomic mass is 32.2. The molecule has 0 aliphatic carbocycles. The molecule has 0 radical (unpaired) electrons. The quantitative estimate of drug-likeness (QED) is 0.360. The molecular weight excluding hydrogens is 392 g/mol. The number of amides is 2. The number of benzene rings is 1. The number of aryl methyl sites for hydroxylation is 1. The summed E-state index contributed by atoms with van der Waals surface area (Å²) in [5.41, 5.74) is 1.34. The summed E-state index contributed by atoms with van der Waals surface area (Å²) in [6.07, 6.45) is 4.40. The second-order valence-corrected chi connectivity index (χ2v) is 9.21. The third kappa shape index (κ3) is 6.04. The van der Waals surface area contributed by atoms with Crippen molar-refractivity contribution in [1.29, 1.82) is 0 Å². The maximum atomic E-state index is 12.4. The zero-order valence-corrected chi connectivity index (χ0v) is 17.7. The van der Waals surface area contributed by atoms with Crippen molar-refractivity contribution in [3.8, 4) is 0 Å². The van der Waals surface area contributed by atoms with Gasteiger partial charge in [-0.05, 0) is 24.8 Å². The second kappa shape index (κ2) is 10.6. The summed E-state index contributed by atoms with van der Waals surface area (Å²) < 4.78 is 0.857. The number of rotatable bonds is 10. The summed E-state index contributed by atoms with van der Waals surface area (Å²) in [6, 6.07) is 10.4. The van der Waals surface area contributed by atoms with Crippen LogP contribution in [0.15, 0.2) is 34.7 Å². The van der Waals surface area contributed by atoms with E-state index in [-0.39, 0.29) is 24.2 Å². The molecule has 28 heavy (non-hydrogen) atoms. The monoisotopic (exact) mass is 418 g/mol. The van der Waals surface area contributed by atoms with Gasteiger partial charge in [-0.2, -0.15) is 0 Å². The van der Waals surface area contributed by atoms with Gasteiger partial charge in [0, 0.05) is 25.3 Å². The topological polar surface area (TPSA) is 75.2 Å². The molecule has 2 amide bonds. The largest absolute Gasteiger partial charge is 0.342 e. The molecule has 0 spiro atoms. The van der Waals surface area contributed by atoms with Crippen LogP contribution in [0.25, 0.3) is 0 Å². The van der Waals surface area contributed by atoms with E-state index in [0.717, 1.165) is 42.3 Å². The van der Waals surface area contributed by atoms with Crippen molar-refractivity contribution >= 4 is 40.0 Å². The maximum Gasteiger partial charge on any atom is 0.231 e. The molecule has 2 heterocycles. The summed E-state index contributed by atoms with van der Waals surface area (Å²) in [4.78, 5) is 26.3. The van der Waals surface area contributed by atoms with Gasteiger partial charge in [-0.3, -0.25) is 9.59 Å². The lowest BCUT2D eigenvalue weighted by atomic mass is 10.1. The Hall–Kier alpha value is -1.93. The third-order valence-electron chi connectivity index (χ3n) is 4.68. The fourth-order valence-electron chi connectivity index (χ4n) is 3.12. The van der Waals surface area contributed by atoms with E-state index in [1.54, 1.807) is 16.7 Å². The molecule has 6 nitrogen and oxygen atoms in total. The highest BCUT2D eigenvalue weighted by molar-refractivity contribution is 8.01. The lowest BCUT2D eigenvalue weighted by molar-refractivity contribution is -0.128. The predicted octanol–water partition coefficient (Wildman–Crippen LogP) is 3.85. The number of hydrogen-bond donors (Lipinski definition) is 1. The number of likely N-dealkylation sites (tertiary alicyclic amines) is 1. The van der Waals surface area contributed by atoms with Gasteiger partial charge in [0.15, 0.2) is 4.34 Å². The van der Waals surface area contributed by atoms with E-state index < -0.39 is 0 Å². The average Bonchev–Trinajstić information content (AvgIpc) is 3.30. The van der Waals surface area contributed by atoms with E-state index in [2.05, 4.69) is 46.7 Å². The highest BCUT2D eigenvalue weighted by Gasteiger charge is 2.34. The molecule has 0 saturated carbocycles. The summed E-state index contributed by atoms with van der Waals surface area (Å²) >= 11 is 3.05. The van der Waals surface area contributed by atoms with Crippen LogP contribution in [0.4, 0.5) is 5.13 Å². The molecule has 1 aliphatic rings. The number of nitrogens with zero attached hydrogens (tertiary/aromatic N) is 3. The normalized spacial score (nSPS) is 16.5. The van der Waals surface area contributed by atoms with Crippen LogP contribution >= 0.6 is 23.1 Å². The number of anilines is 1. The standard InChI is InChI=1S/C20H26N4O2S2/c1-2-3-11-24-14-16(13-17(24)25)18(26)21-19-22-23-20(28-19)27-12-7-10-15-8-5-4-6-9-15/h4-6,8-9,16H,2-3,7,10-14H2,1H3,(H,21,22,26)/t16-/m0/s1. The minimum Gasteiger partial charge on any atom is -0.342 e. The Morgan fingerprint density at radius 1 is 1.29 bits per heavy atom. The van der Waals surface area contributed by atoms with Crippen LogP contribution < -0.4 is 5.32 Å². The molecule has 150 valence electrons. The van der Waals surface area contributed by atoms with E-state index in [0.29, 0.717) is 11.7 Å². The molecule has 0 bridgehead atoms. The first-order chi connectivity index (χ1) is 13.7. The van der Waals surface area contributed by atoms with Crippen LogP contribution in [0, 0.1) is 5.92 Å². The fraction of sp³-hybridized carbons (Fsp3) is 0.500. The Morgan fingerprint density at radius 2 is 2.11 bits per heavy atom. The van der Waals surface area contributed by atoms with Gasteiger partial charge in [-0.1, -0.05) is 66.8 Å². The lowest BCUT2D eigenvalue weighted by Crippen LogP contribution is -2.29. The number of unbranched alkanes of at least 4 members (excludes halogenated alkanes) is 1. The molecule has 0 unspecified atom stereocenters. The zero-order valence-electron chi connectivity index (χ0n) is 16.1. The molecule has 1 saturated heterocycles. The molecule has 1 N–H and O–H groups in total. The lowest BCUT2D eigenvalue weighted by Gasteiger charge is -2.15. The summed E-state index contributed by atoms with van der Waals surface area (Å²) in [5.74, 6) is 0.598. The number of thioether (sulfide) groups is 1. The van der Waals surface area contributed by atoms with E-state index in [1.165, 1.54) is 16.9 Å². The van der Waals surface area contributed by atoms with Crippen LogP contribution in [0.3, 0.4) is 0 Å². The molecule has 1 atom stereocenters. The minimum atomic E-state index is -0.296. The Labute approximate surface area is 174 Å². The third-order valence-corrected chi connectivity index (χ3v) is 6.74. The number of aromatic nitrogens is 2. The number of carbonyl (C=O) groups excluding carboxylic acids is 2. The van der Waals surface area contributed by atoms with Gasteiger partial charge in [-0.15, -0.1) is 10.2 Å². The van der Waals surface area contributed by atoms with Crippen LogP contribution in [-0.2, 0) is 16.0 Å². The maximum absolute atomic E-state index is 12.4. The van der Waals surface area contributed by atoms with Gasteiger partial charge in [0.1, 0.15) is 0 Å². The van der Waals surface area contributed by atoms with Crippen molar-refractivity contribution in [1.82, 2.24) is 15.1 Å². The molecule has 8 heteroatoms. The molecule has 1 aromatic heterocycles. The number of nitrogens with one attached hydrogen (secondary N) is 1.